The number of primary amides is 1. The molecule has 0 saturated carbocycles. The van der Waals surface area contributed by atoms with Gasteiger partial charge >= 0.3 is 6.18 Å². The number of aromatic nitrogens is 4. The maximum atomic E-state index is 14.0. The Morgan fingerprint density at radius 3 is 2.53 bits per heavy atom. The number of ether oxygens (including phenoxy) is 1. The summed E-state index contributed by atoms with van der Waals surface area (Å²) < 4.78 is 49.1. The number of hydrogen-bond donors (Lipinski definition) is 2. The standard InChI is InChI=1S/C26H20F3N5O3S/c1-37-21-10-8-16(12-31-21)22-18-9-7-15(11-19(18)38-23(22)24(30)35)13-34-14-20(32-33-34)25(36,26(27,28)29)17-5-3-2-4-6-17/h2-12,14,36H,13H2,1H3,(H2,30,35). The highest BCUT2D eigenvalue weighted by atomic mass is 32.1. The van der Waals surface area contributed by atoms with E-state index in [2.05, 4.69) is 15.3 Å². The zero-order valence-corrected chi connectivity index (χ0v) is 20.6. The molecule has 1 unspecified atom stereocenters. The Morgan fingerprint density at radius 2 is 1.89 bits per heavy atom. The Morgan fingerprint density at radius 1 is 1.13 bits per heavy atom. The number of nitrogens with zero attached hydrogens (tertiary/aromatic N) is 4. The van der Waals surface area contributed by atoms with Gasteiger partial charge in [-0.15, -0.1) is 16.4 Å². The molecule has 3 N–H and O–H groups in total. The first kappa shape index (κ1) is 25.4. The van der Waals surface area contributed by atoms with Gasteiger partial charge in [0.15, 0.2) is 0 Å². The number of fused-ring (bicyclic) bond motifs is 1. The Kier molecular flexibility index (Phi) is 6.37. The Bertz CT molecular complexity index is 1620. The summed E-state index contributed by atoms with van der Waals surface area (Å²) in [5.41, 5.74) is 3.35. The predicted molar refractivity (Wildman–Crippen MR) is 135 cm³/mol. The van der Waals surface area contributed by atoms with Crippen molar-refractivity contribution in [1.82, 2.24) is 20.0 Å². The maximum absolute atomic E-state index is 14.0. The summed E-state index contributed by atoms with van der Waals surface area (Å²) in [5.74, 6) is -0.167. The van der Waals surface area contributed by atoms with Gasteiger partial charge in [0.2, 0.25) is 11.5 Å². The van der Waals surface area contributed by atoms with E-state index in [4.69, 9.17) is 10.5 Å². The van der Waals surface area contributed by atoms with Crippen LogP contribution in [0.5, 0.6) is 5.88 Å². The van der Waals surface area contributed by atoms with E-state index < -0.39 is 23.4 Å². The molecule has 194 valence electrons. The molecule has 5 aromatic rings. The molecule has 0 saturated heterocycles. The number of carbonyl (C=O) groups is 1. The second-order valence-electron chi connectivity index (χ2n) is 8.47. The molecule has 2 aromatic carbocycles. The van der Waals surface area contributed by atoms with Crippen LogP contribution in [0.15, 0.2) is 73.1 Å². The maximum Gasteiger partial charge on any atom is 0.427 e. The minimum absolute atomic E-state index is 0.0783. The number of rotatable bonds is 7. The van der Waals surface area contributed by atoms with Crippen molar-refractivity contribution in [1.29, 1.82) is 0 Å². The molecular weight excluding hydrogens is 519 g/mol. The summed E-state index contributed by atoms with van der Waals surface area (Å²) in [7, 11) is 1.50. The third kappa shape index (κ3) is 4.37. The van der Waals surface area contributed by atoms with Crippen LogP contribution in [0, 0.1) is 0 Å². The number of pyridine rings is 1. The number of hydrogen-bond acceptors (Lipinski definition) is 7. The van der Waals surface area contributed by atoms with E-state index in [9.17, 15) is 23.1 Å². The van der Waals surface area contributed by atoms with Gasteiger partial charge in [-0.25, -0.2) is 9.67 Å². The SMILES string of the molecule is COc1ccc(-c2c(C(N)=O)sc3cc(Cn4cc(C(O)(c5ccccc5)C(F)(F)F)nn4)ccc23)cn1. The molecule has 0 spiro atoms. The minimum Gasteiger partial charge on any atom is -0.481 e. The highest BCUT2D eigenvalue weighted by Crippen LogP contribution is 2.43. The molecule has 3 heterocycles. The number of halogens is 3. The van der Waals surface area contributed by atoms with Gasteiger partial charge in [-0.05, 0) is 23.3 Å². The molecule has 0 radical (unpaired) electrons. The first-order valence-corrected chi connectivity index (χ1v) is 12.0. The summed E-state index contributed by atoms with van der Waals surface area (Å²) in [6, 6.07) is 15.6. The van der Waals surface area contributed by atoms with E-state index in [1.54, 1.807) is 42.6 Å². The lowest BCUT2D eigenvalue weighted by Gasteiger charge is -2.28. The lowest BCUT2D eigenvalue weighted by atomic mass is 9.90. The van der Waals surface area contributed by atoms with Crippen molar-refractivity contribution >= 4 is 27.3 Å². The average Bonchev–Trinajstić information content (AvgIpc) is 3.53. The number of carbonyl (C=O) groups excluding carboxylic acids is 1. The second kappa shape index (κ2) is 9.54. The van der Waals surface area contributed by atoms with Crippen molar-refractivity contribution in [2.24, 2.45) is 5.73 Å². The zero-order valence-electron chi connectivity index (χ0n) is 19.8. The number of alkyl halides is 3. The van der Waals surface area contributed by atoms with Crippen LogP contribution >= 0.6 is 11.3 Å². The van der Waals surface area contributed by atoms with Crippen molar-refractivity contribution in [3.8, 4) is 17.0 Å². The summed E-state index contributed by atoms with van der Waals surface area (Å²) in [4.78, 5) is 16.8. The smallest absolute Gasteiger partial charge is 0.427 e. The van der Waals surface area contributed by atoms with Crippen molar-refractivity contribution in [2.45, 2.75) is 18.3 Å². The van der Waals surface area contributed by atoms with E-state index >= 15 is 0 Å². The molecule has 8 nitrogen and oxygen atoms in total. The van der Waals surface area contributed by atoms with Crippen molar-refractivity contribution in [2.75, 3.05) is 7.11 Å². The lowest BCUT2D eigenvalue weighted by Crippen LogP contribution is -2.43. The predicted octanol–water partition coefficient (Wildman–Crippen LogP) is 4.51. The lowest BCUT2D eigenvalue weighted by molar-refractivity contribution is -0.249. The van der Waals surface area contributed by atoms with Crippen LogP contribution in [-0.4, -0.2) is 44.3 Å². The van der Waals surface area contributed by atoms with Crippen LogP contribution < -0.4 is 10.5 Å². The molecule has 12 heteroatoms. The molecule has 1 atom stereocenters. The molecule has 0 aliphatic heterocycles. The van der Waals surface area contributed by atoms with E-state index in [0.29, 0.717) is 27.4 Å². The molecule has 0 fully saturated rings. The Balaban J connectivity index is 1.49. The molecule has 1 amide bonds. The van der Waals surface area contributed by atoms with Gasteiger partial charge < -0.3 is 15.6 Å². The molecule has 0 bridgehead atoms. The number of nitrogens with two attached hydrogens (primary N) is 1. The molecule has 0 aliphatic rings. The average molecular weight is 540 g/mol. The zero-order chi connectivity index (χ0) is 27.1. The number of thiophene rings is 1. The molecule has 5 rings (SSSR count). The first-order valence-electron chi connectivity index (χ1n) is 11.2. The van der Waals surface area contributed by atoms with E-state index in [0.717, 1.165) is 16.3 Å². The summed E-state index contributed by atoms with van der Waals surface area (Å²) in [6.45, 7) is 0.0783. The second-order valence-corrected chi connectivity index (χ2v) is 9.52. The summed E-state index contributed by atoms with van der Waals surface area (Å²) in [6.07, 6.45) is -2.36. The van der Waals surface area contributed by atoms with Gasteiger partial charge in [-0.3, -0.25) is 4.79 Å². The molecule has 0 aliphatic carbocycles. The highest BCUT2D eigenvalue weighted by molar-refractivity contribution is 7.21. The van der Waals surface area contributed by atoms with Crippen LogP contribution in [0.4, 0.5) is 13.2 Å². The van der Waals surface area contributed by atoms with E-state index in [1.165, 1.54) is 47.4 Å². The van der Waals surface area contributed by atoms with Gasteiger partial charge in [0.25, 0.3) is 5.91 Å². The molecule has 38 heavy (non-hydrogen) atoms. The fraction of sp³-hybridized carbons (Fsp3) is 0.154. The van der Waals surface area contributed by atoms with Gasteiger partial charge in [0.1, 0.15) is 10.6 Å². The van der Waals surface area contributed by atoms with Crippen LogP contribution in [0.25, 0.3) is 21.2 Å². The van der Waals surface area contributed by atoms with Crippen LogP contribution in [0.2, 0.25) is 0 Å². The summed E-state index contributed by atoms with van der Waals surface area (Å²) in [5, 5.41) is 19.0. The molecular formula is C26H20F3N5O3S. The van der Waals surface area contributed by atoms with Crippen LogP contribution in [0.3, 0.4) is 0 Å². The van der Waals surface area contributed by atoms with Gasteiger partial charge in [-0.1, -0.05) is 47.7 Å². The van der Waals surface area contributed by atoms with Crippen molar-refractivity contribution in [3.05, 3.63) is 94.8 Å². The van der Waals surface area contributed by atoms with Gasteiger partial charge in [0.05, 0.1) is 19.9 Å². The topological polar surface area (TPSA) is 116 Å². The number of aliphatic hydroxyl groups is 1. The third-order valence-corrected chi connectivity index (χ3v) is 7.24. The Hall–Kier alpha value is -4.29. The quantitative estimate of drug-likeness (QED) is 0.315. The van der Waals surface area contributed by atoms with Gasteiger partial charge in [0, 0.05) is 33.5 Å². The van der Waals surface area contributed by atoms with Crippen molar-refractivity contribution < 1.29 is 27.8 Å². The fourth-order valence-corrected chi connectivity index (χ4v) is 5.35. The normalized spacial score (nSPS) is 13.4. The van der Waals surface area contributed by atoms with Crippen LogP contribution in [-0.2, 0) is 12.1 Å². The van der Waals surface area contributed by atoms with E-state index in [-0.39, 0.29) is 12.1 Å². The number of benzene rings is 2. The largest absolute Gasteiger partial charge is 0.481 e. The third-order valence-electron chi connectivity index (χ3n) is 6.07. The molecule has 3 aromatic heterocycles. The number of amides is 1. The monoisotopic (exact) mass is 539 g/mol. The Labute approximate surface area is 218 Å². The highest BCUT2D eigenvalue weighted by Gasteiger charge is 2.58. The minimum atomic E-state index is -5.02. The summed E-state index contributed by atoms with van der Waals surface area (Å²) >= 11 is 1.20. The first-order chi connectivity index (χ1) is 18.1. The number of methoxy groups -OCH3 is 1. The van der Waals surface area contributed by atoms with Crippen molar-refractivity contribution in [3.63, 3.8) is 0 Å². The van der Waals surface area contributed by atoms with E-state index in [1.807, 2.05) is 0 Å². The fourth-order valence-electron chi connectivity index (χ4n) is 4.21. The van der Waals surface area contributed by atoms with Gasteiger partial charge in [-0.2, -0.15) is 13.2 Å². The van der Waals surface area contributed by atoms with Crippen LogP contribution in [0.1, 0.15) is 26.5 Å².